The zero-order valence-electron chi connectivity index (χ0n) is 8.06. The summed E-state index contributed by atoms with van der Waals surface area (Å²) in [5.74, 6) is -0.462. The first-order chi connectivity index (χ1) is 7.20. The lowest BCUT2D eigenvalue weighted by molar-refractivity contribution is 0.400. The largest absolute Gasteiger partial charge is 0.506 e. The fraction of sp³-hybridized carbons (Fsp3) is 0.400. The number of halogens is 2. The molecule has 0 unspecified atom stereocenters. The molecule has 0 aromatic heterocycles. The van der Waals surface area contributed by atoms with Crippen molar-refractivity contribution in [1.82, 2.24) is 10.6 Å². The highest BCUT2D eigenvalue weighted by molar-refractivity contribution is 9.10. The summed E-state index contributed by atoms with van der Waals surface area (Å²) in [6.07, 6.45) is 0. The van der Waals surface area contributed by atoms with Crippen molar-refractivity contribution in [1.29, 1.82) is 0 Å². The molecule has 0 amide bonds. The van der Waals surface area contributed by atoms with Gasteiger partial charge in [0.1, 0.15) is 11.6 Å². The topological polar surface area (TPSA) is 44.3 Å². The Morgan fingerprint density at radius 2 is 2.20 bits per heavy atom. The molecular weight excluding hydrogens is 263 g/mol. The number of benzene rings is 1. The minimum Gasteiger partial charge on any atom is -0.506 e. The van der Waals surface area contributed by atoms with Crippen LogP contribution < -0.4 is 10.6 Å². The molecule has 2 rings (SSSR count). The van der Waals surface area contributed by atoms with Crippen molar-refractivity contribution in [2.24, 2.45) is 0 Å². The minimum atomic E-state index is -0.444. The molecule has 1 heterocycles. The molecule has 0 radical (unpaired) electrons. The van der Waals surface area contributed by atoms with Crippen molar-refractivity contribution < 1.29 is 9.50 Å². The average molecular weight is 275 g/mol. The van der Waals surface area contributed by atoms with Crippen molar-refractivity contribution in [3.8, 4) is 5.75 Å². The molecule has 5 heteroatoms. The summed E-state index contributed by atoms with van der Waals surface area (Å²) in [4.78, 5) is 0. The van der Waals surface area contributed by atoms with Gasteiger partial charge in [-0.25, -0.2) is 4.39 Å². The Hall–Kier alpha value is -0.650. The molecule has 0 saturated carbocycles. The fourth-order valence-electron chi connectivity index (χ4n) is 1.71. The first-order valence-electron chi connectivity index (χ1n) is 4.81. The van der Waals surface area contributed by atoms with Crippen LogP contribution in [0.5, 0.6) is 5.75 Å². The van der Waals surface area contributed by atoms with Crippen molar-refractivity contribution in [2.75, 3.05) is 19.6 Å². The van der Waals surface area contributed by atoms with Crippen molar-refractivity contribution in [2.45, 2.75) is 6.04 Å². The third-order valence-electron chi connectivity index (χ3n) is 2.52. The maximum Gasteiger partial charge on any atom is 0.141 e. The Bertz CT molecular complexity index is 367. The van der Waals surface area contributed by atoms with Crippen LogP contribution in [0.25, 0.3) is 0 Å². The van der Waals surface area contributed by atoms with E-state index in [9.17, 15) is 9.50 Å². The summed E-state index contributed by atoms with van der Waals surface area (Å²) < 4.78 is 13.2. The van der Waals surface area contributed by atoms with Crippen LogP contribution in [0.3, 0.4) is 0 Å². The Morgan fingerprint density at radius 1 is 1.40 bits per heavy atom. The molecule has 1 aromatic rings. The van der Waals surface area contributed by atoms with Crippen LogP contribution in [0, 0.1) is 5.82 Å². The molecule has 1 aliphatic rings. The highest BCUT2D eigenvalue weighted by atomic mass is 79.9. The van der Waals surface area contributed by atoms with Crippen molar-refractivity contribution in [3.63, 3.8) is 0 Å². The Kier molecular flexibility index (Phi) is 3.23. The van der Waals surface area contributed by atoms with Gasteiger partial charge in [0.25, 0.3) is 0 Å². The highest BCUT2D eigenvalue weighted by Gasteiger charge is 2.20. The standard InChI is InChI=1S/C10H12BrFN2O/c11-9-7(12)2-1-6(10(9)15)8-5-13-3-4-14-8/h1-2,8,13-15H,3-5H2/t8-/m0/s1. The third kappa shape index (κ3) is 2.14. The van der Waals surface area contributed by atoms with E-state index in [4.69, 9.17) is 0 Å². The van der Waals surface area contributed by atoms with Gasteiger partial charge >= 0.3 is 0 Å². The number of hydrogen-bond acceptors (Lipinski definition) is 3. The maximum atomic E-state index is 13.1. The number of rotatable bonds is 1. The molecule has 0 aliphatic carbocycles. The van der Waals surface area contributed by atoms with Gasteiger partial charge in [0.15, 0.2) is 0 Å². The minimum absolute atomic E-state index is 0.0174. The van der Waals surface area contributed by atoms with Gasteiger partial charge in [0.05, 0.1) is 4.47 Å². The zero-order valence-corrected chi connectivity index (χ0v) is 9.64. The number of aromatic hydroxyl groups is 1. The van der Waals surface area contributed by atoms with Crippen LogP contribution in [0.1, 0.15) is 11.6 Å². The predicted octanol–water partition coefficient (Wildman–Crippen LogP) is 1.53. The molecule has 82 valence electrons. The van der Waals surface area contributed by atoms with Crippen molar-refractivity contribution in [3.05, 3.63) is 28.0 Å². The van der Waals surface area contributed by atoms with Gasteiger partial charge in [-0.05, 0) is 22.0 Å². The summed E-state index contributed by atoms with van der Waals surface area (Å²) >= 11 is 3.02. The van der Waals surface area contributed by atoms with Crippen LogP contribution in [0.4, 0.5) is 4.39 Å². The number of nitrogens with one attached hydrogen (secondary N) is 2. The van der Waals surface area contributed by atoms with Gasteiger partial charge < -0.3 is 15.7 Å². The van der Waals surface area contributed by atoms with E-state index in [0.29, 0.717) is 0 Å². The Labute approximate surface area is 95.8 Å². The van der Waals surface area contributed by atoms with E-state index < -0.39 is 5.82 Å². The van der Waals surface area contributed by atoms with Crippen LogP contribution in [0.15, 0.2) is 16.6 Å². The fourth-order valence-corrected chi connectivity index (χ4v) is 2.07. The van der Waals surface area contributed by atoms with E-state index in [2.05, 4.69) is 26.6 Å². The second-order valence-electron chi connectivity index (χ2n) is 3.51. The maximum absolute atomic E-state index is 13.1. The molecule has 3 N–H and O–H groups in total. The molecule has 15 heavy (non-hydrogen) atoms. The summed E-state index contributed by atoms with van der Waals surface area (Å²) in [6.45, 7) is 2.50. The zero-order chi connectivity index (χ0) is 10.8. The van der Waals surface area contributed by atoms with E-state index in [1.54, 1.807) is 6.07 Å². The van der Waals surface area contributed by atoms with Gasteiger partial charge in [-0.1, -0.05) is 6.07 Å². The highest BCUT2D eigenvalue weighted by Crippen LogP contribution is 2.34. The number of phenols is 1. The Morgan fingerprint density at radius 3 is 2.87 bits per heavy atom. The molecule has 1 fully saturated rings. The summed E-state index contributed by atoms with van der Waals surface area (Å²) in [5, 5.41) is 16.2. The van der Waals surface area contributed by atoms with Crippen LogP contribution in [-0.4, -0.2) is 24.7 Å². The number of hydrogen-bond donors (Lipinski definition) is 3. The van der Waals surface area contributed by atoms with Crippen molar-refractivity contribution >= 4 is 15.9 Å². The Balaban J connectivity index is 2.31. The first kappa shape index (κ1) is 10.9. The second kappa shape index (κ2) is 4.47. The monoisotopic (exact) mass is 274 g/mol. The normalized spacial score (nSPS) is 21.6. The summed E-state index contributed by atoms with van der Waals surface area (Å²) in [6, 6.07) is 3.01. The average Bonchev–Trinajstić information content (AvgIpc) is 2.27. The van der Waals surface area contributed by atoms with E-state index >= 15 is 0 Å². The number of piperazine rings is 1. The predicted molar refractivity (Wildman–Crippen MR) is 59.4 cm³/mol. The third-order valence-corrected chi connectivity index (χ3v) is 3.27. The van der Waals surface area contributed by atoms with Gasteiger partial charge in [0.2, 0.25) is 0 Å². The molecule has 3 nitrogen and oxygen atoms in total. The van der Waals surface area contributed by atoms with Gasteiger partial charge in [-0.15, -0.1) is 0 Å². The molecule has 1 saturated heterocycles. The molecule has 1 aromatic carbocycles. The molecule has 1 aliphatic heterocycles. The molecule has 1 atom stereocenters. The lowest BCUT2D eigenvalue weighted by Gasteiger charge is -2.25. The molecule has 0 bridgehead atoms. The summed E-state index contributed by atoms with van der Waals surface area (Å²) in [5.41, 5.74) is 0.718. The lowest BCUT2D eigenvalue weighted by Crippen LogP contribution is -2.42. The van der Waals surface area contributed by atoms with E-state index in [1.807, 2.05) is 0 Å². The van der Waals surface area contributed by atoms with Gasteiger partial charge in [0, 0.05) is 31.2 Å². The quantitative estimate of drug-likeness (QED) is 0.728. The molecular formula is C10H12BrFN2O. The van der Waals surface area contributed by atoms with Gasteiger partial charge in [-0.3, -0.25) is 0 Å². The SMILES string of the molecule is Oc1c([C@@H]2CNCCN2)ccc(F)c1Br. The summed E-state index contributed by atoms with van der Waals surface area (Å²) in [7, 11) is 0. The second-order valence-corrected chi connectivity index (χ2v) is 4.30. The first-order valence-corrected chi connectivity index (χ1v) is 5.60. The number of phenolic OH excluding ortho intramolecular Hbond substituents is 1. The van der Waals surface area contributed by atoms with Crippen LogP contribution in [-0.2, 0) is 0 Å². The smallest absolute Gasteiger partial charge is 0.141 e. The van der Waals surface area contributed by atoms with E-state index in [1.165, 1.54) is 6.07 Å². The van der Waals surface area contributed by atoms with Crippen LogP contribution in [0.2, 0.25) is 0 Å². The van der Waals surface area contributed by atoms with Crippen LogP contribution >= 0.6 is 15.9 Å². The van der Waals surface area contributed by atoms with E-state index in [-0.39, 0.29) is 16.3 Å². The van der Waals surface area contributed by atoms with Gasteiger partial charge in [-0.2, -0.15) is 0 Å². The molecule has 0 spiro atoms. The van der Waals surface area contributed by atoms with E-state index in [0.717, 1.165) is 25.2 Å². The lowest BCUT2D eigenvalue weighted by atomic mass is 10.0.